The van der Waals surface area contributed by atoms with Crippen molar-refractivity contribution >= 4 is 17.1 Å². The molecule has 1 heterocycles. The van der Waals surface area contributed by atoms with Crippen LogP contribution in [0.15, 0.2) is 35.0 Å². The van der Waals surface area contributed by atoms with Gasteiger partial charge in [-0.25, -0.2) is 4.39 Å². The van der Waals surface area contributed by atoms with Gasteiger partial charge >= 0.3 is 0 Å². The number of carbonyl (C=O) groups is 1. The molecule has 0 atom stereocenters. The van der Waals surface area contributed by atoms with Crippen LogP contribution in [-0.2, 0) is 6.42 Å². The molecule has 0 aliphatic rings. The highest BCUT2D eigenvalue weighted by Gasteiger charge is 2.12. The molecule has 1 aromatic carbocycles. The molecule has 94 valence electrons. The monoisotopic (exact) mass is 264 g/mol. The van der Waals surface area contributed by atoms with Crippen LogP contribution < -0.4 is 4.74 Å². The topological polar surface area (TPSA) is 26.3 Å². The van der Waals surface area contributed by atoms with Crippen molar-refractivity contribution in [3.8, 4) is 5.75 Å². The lowest BCUT2D eigenvalue weighted by atomic mass is 10.0. The van der Waals surface area contributed by atoms with Crippen LogP contribution in [0.1, 0.15) is 22.3 Å². The summed E-state index contributed by atoms with van der Waals surface area (Å²) >= 11 is 1.59. The summed E-state index contributed by atoms with van der Waals surface area (Å²) in [6, 6.07) is 6.28. The molecule has 0 amide bonds. The number of halogens is 1. The van der Waals surface area contributed by atoms with E-state index in [4.69, 9.17) is 4.74 Å². The number of benzene rings is 1. The standard InChI is InChI=1S/C14H13FO2S/c1-17-11-3-4-12(13(15)8-11)14(16)5-2-10-6-7-18-9-10/h3-4,6-9H,2,5H2,1H3. The highest BCUT2D eigenvalue weighted by molar-refractivity contribution is 7.07. The number of Topliss-reactive ketones (excluding diaryl/α,β-unsaturated/α-hetero) is 1. The molecule has 4 heteroatoms. The average Bonchev–Trinajstić information content (AvgIpc) is 2.88. The minimum absolute atomic E-state index is 0.131. The third-order valence-electron chi connectivity index (χ3n) is 2.70. The van der Waals surface area contributed by atoms with Crippen molar-refractivity contribution in [2.75, 3.05) is 7.11 Å². The molecule has 2 nitrogen and oxygen atoms in total. The summed E-state index contributed by atoms with van der Waals surface area (Å²) < 4.78 is 18.6. The maximum Gasteiger partial charge on any atom is 0.166 e. The first-order valence-electron chi connectivity index (χ1n) is 5.58. The molecule has 2 rings (SSSR count). The van der Waals surface area contributed by atoms with Crippen LogP contribution in [0.25, 0.3) is 0 Å². The molecule has 0 aliphatic heterocycles. The molecular weight excluding hydrogens is 251 g/mol. The van der Waals surface area contributed by atoms with Crippen LogP contribution in [0.4, 0.5) is 4.39 Å². The van der Waals surface area contributed by atoms with Gasteiger partial charge in [-0.3, -0.25) is 4.79 Å². The van der Waals surface area contributed by atoms with E-state index >= 15 is 0 Å². The molecule has 2 aromatic rings. The van der Waals surface area contributed by atoms with E-state index in [1.165, 1.54) is 19.2 Å². The lowest BCUT2D eigenvalue weighted by Gasteiger charge is -2.04. The third-order valence-corrected chi connectivity index (χ3v) is 3.43. The minimum atomic E-state index is -0.523. The number of ether oxygens (including phenoxy) is 1. The second-order valence-corrected chi connectivity index (χ2v) is 4.68. The number of rotatable bonds is 5. The van der Waals surface area contributed by atoms with Gasteiger partial charge in [-0.2, -0.15) is 11.3 Å². The van der Waals surface area contributed by atoms with Crippen molar-refractivity contribution in [2.45, 2.75) is 12.8 Å². The van der Waals surface area contributed by atoms with E-state index in [0.29, 0.717) is 18.6 Å². The summed E-state index contributed by atoms with van der Waals surface area (Å²) in [7, 11) is 1.47. The smallest absolute Gasteiger partial charge is 0.166 e. The zero-order valence-corrected chi connectivity index (χ0v) is 10.8. The number of hydrogen-bond acceptors (Lipinski definition) is 3. The lowest BCUT2D eigenvalue weighted by molar-refractivity contribution is 0.0979. The van der Waals surface area contributed by atoms with Crippen LogP contribution in [-0.4, -0.2) is 12.9 Å². The fourth-order valence-electron chi connectivity index (χ4n) is 1.68. The summed E-state index contributed by atoms with van der Waals surface area (Å²) in [6.45, 7) is 0. The zero-order chi connectivity index (χ0) is 13.0. The van der Waals surface area contributed by atoms with Crippen LogP contribution in [0.5, 0.6) is 5.75 Å². The number of aryl methyl sites for hydroxylation is 1. The average molecular weight is 264 g/mol. The molecule has 18 heavy (non-hydrogen) atoms. The zero-order valence-electron chi connectivity index (χ0n) is 9.98. The molecule has 0 aliphatic carbocycles. The van der Waals surface area contributed by atoms with Gasteiger partial charge in [0.1, 0.15) is 11.6 Å². The van der Waals surface area contributed by atoms with Crippen LogP contribution in [0.2, 0.25) is 0 Å². The Bertz CT molecular complexity index is 535. The van der Waals surface area contributed by atoms with E-state index < -0.39 is 5.82 Å². The molecular formula is C14H13FO2S. The Kier molecular flexibility index (Phi) is 4.10. The van der Waals surface area contributed by atoms with Crippen molar-refractivity contribution in [3.63, 3.8) is 0 Å². The van der Waals surface area contributed by atoms with Crippen LogP contribution >= 0.6 is 11.3 Å². The number of methoxy groups -OCH3 is 1. The van der Waals surface area contributed by atoms with E-state index in [1.54, 1.807) is 17.4 Å². The van der Waals surface area contributed by atoms with Gasteiger partial charge in [-0.1, -0.05) is 0 Å². The maximum atomic E-state index is 13.7. The minimum Gasteiger partial charge on any atom is -0.497 e. The highest BCUT2D eigenvalue weighted by atomic mass is 32.1. The first-order valence-corrected chi connectivity index (χ1v) is 6.53. The highest BCUT2D eigenvalue weighted by Crippen LogP contribution is 2.18. The predicted molar refractivity (Wildman–Crippen MR) is 69.9 cm³/mol. The van der Waals surface area contributed by atoms with E-state index in [0.717, 1.165) is 5.56 Å². The van der Waals surface area contributed by atoms with Gasteiger partial charge in [-0.05, 0) is 40.9 Å². The number of thiophene rings is 1. The Balaban J connectivity index is 2.04. The Hall–Kier alpha value is -1.68. The molecule has 0 fully saturated rings. The molecule has 0 radical (unpaired) electrons. The summed E-state index contributed by atoms with van der Waals surface area (Å²) in [5.41, 5.74) is 1.24. The van der Waals surface area contributed by atoms with Gasteiger partial charge in [0, 0.05) is 12.5 Å². The fraction of sp³-hybridized carbons (Fsp3) is 0.214. The van der Waals surface area contributed by atoms with Gasteiger partial charge in [-0.15, -0.1) is 0 Å². The van der Waals surface area contributed by atoms with Gasteiger partial charge in [0.15, 0.2) is 5.78 Å². The Labute approximate surface area is 109 Å². The first-order chi connectivity index (χ1) is 8.70. The molecule has 0 spiro atoms. The SMILES string of the molecule is COc1ccc(C(=O)CCc2ccsc2)c(F)c1. The first kappa shape index (κ1) is 12.8. The molecule has 0 saturated heterocycles. The Morgan fingerprint density at radius 3 is 2.83 bits per heavy atom. The van der Waals surface area contributed by atoms with E-state index in [1.807, 2.05) is 16.8 Å². The van der Waals surface area contributed by atoms with Crippen molar-refractivity contribution in [2.24, 2.45) is 0 Å². The quantitative estimate of drug-likeness (QED) is 0.769. The summed E-state index contributed by atoms with van der Waals surface area (Å²) in [4.78, 5) is 11.9. The molecule has 1 aromatic heterocycles. The molecule has 0 N–H and O–H groups in total. The second kappa shape index (κ2) is 5.78. The normalized spacial score (nSPS) is 10.3. The van der Waals surface area contributed by atoms with E-state index in [9.17, 15) is 9.18 Å². The Morgan fingerprint density at radius 1 is 1.39 bits per heavy atom. The number of carbonyl (C=O) groups excluding carboxylic acids is 1. The predicted octanol–water partition coefficient (Wildman–Crippen LogP) is 3.71. The lowest BCUT2D eigenvalue weighted by Crippen LogP contribution is -2.04. The fourth-order valence-corrected chi connectivity index (χ4v) is 2.38. The van der Waals surface area contributed by atoms with Crippen molar-refractivity contribution < 1.29 is 13.9 Å². The molecule has 0 unspecified atom stereocenters. The maximum absolute atomic E-state index is 13.7. The van der Waals surface area contributed by atoms with Gasteiger partial charge in [0.2, 0.25) is 0 Å². The Morgan fingerprint density at radius 2 is 2.22 bits per heavy atom. The van der Waals surface area contributed by atoms with Crippen molar-refractivity contribution in [1.82, 2.24) is 0 Å². The number of ketones is 1. The summed E-state index contributed by atoms with van der Waals surface area (Å²) in [5, 5.41) is 3.96. The molecule has 0 saturated carbocycles. The van der Waals surface area contributed by atoms with Crippen molar-refractivity contribution in [3.05, 3.63) is 52.0 Å². The van der Waals surface area contributed by atoms with E-state index in [-0.39, 0.29) is 11.3 Å². The number of hydrogen-bond donors (Lipinski definition) is 0. The van der Waals surface area contributed by atoms with Gasteiger partial charge in [0.25, 0.3) is 0 Å². The summed E-state index contributed by atoms with van der Waals surface area (Å²) in [6.07, 6.45) is 0.966. The molecule has 0 bridgehead atoms. The second-order valence-electron chi connectivity index (χ2n) is 3.90. The van der Waals surface area contributed by atoms with Crippen LogP contribution in [0.3, 0.4) is 0 Å². The van der Waals surface area contributed by atoms with Gasteiger partial charge in [0.05, 0.1) is 12.7 Å². The summed E-state index contributed by atoms with van der Waals surface area (Å²) in [5.74, 6) is -0.284. The van der Waals surface area contributed by atoms with Crippen LogP contribution in [0, 0.1) is 5.82 Å². The van der Waals surface area contributed by atoms with E-state index in [2.05, 4.69) is 0 Å². The van der Waals surface area contributed by atoms with Crippen molar-refractivity contribution in [1.29, 1.82) is 0 Å². The largest absolute Gasteiger partial charge is 0.497 e. The van der Waals surface area contributed by atoms with Gasteiger partial charge < -0.3 is 4.74 Å². The third kappa shape index (κ3) is 2.96.